The van der Waals surface area contributed by atoms with Crippen LogP contribution in [0.1, 0.15) is 26.7 Å². The average molecular weight is 270 g/mol. The second-order valence-corrected chi connectivity index (χ2v) is 6.74. The predicted molar refractivity (Wildman–Crippen MR) is 75.3 cm³/mol. The molecule has 1 aromatic rings. The quantitative estimate of drug-likeness (QED) is 0.864. The number of hydrogen-bond donors (Lipinski definition) is 1. The highest BCUT2D eigenvalue weighted by molar-refractivity contribution is 7.89. The minimum absolute atomic E-state index is 0.258. The van der Waals surface area contributed by atoms with Crippen molar-refractivity contribution < 1.29 is 8.42 Å². The molecule has 102 valence electrons. The van der Waals surface area contributed by atoms with Crippen molar-refractivity contribution in [2.45, 2.75) is 37.6 Å². The minimum atomic E-state index is -3.40. The lowest BCUT2D eigenvalue weighted by Gasteiger charge is -2.19. The molecule has 0 heterocycles. The van der Waals surface area contributed by atoms with Gasteiger partial charge in [0.25, 0.3) is 0 Å². The zero-order valence-corrected chi connectivity index (χ0v) is 12.3. The van der Waals surface area contributed by atoms with E-state index in [1.165, 1.54) is 4.31 Å². The Balaban J connectivity index is 3.08. The van der Waals surface area contributed by atoms with E-state index in [-0.39, 0.29) is 6.04 Å². The lowest BCUT2D eigenvalue weighted by atomic mass is 10.2. The third kappa shape index (κ3) is 3.46. The molecule has 0 bridgehead atoms. The van der Waals surface area contributed by atoms with E-state index < -0.39 is 10.0 Å². The van der Waals surface area contributed by atoms with Crippen LogP contribution in [-0.2, 0) is 10.0 Å². The smallest absolute Gasteiger partial charge is 0.244 e. The van der Waals surface area contributed by atoms with Gasteiger partial charge in [0.2, 0.25) is 10.0 Å². The van der Waals surface area contributed by atoms with Crippen LogP contribution in [0.5, 0.6) is 0 Å². The van der Waals surface area contributed by atoms with Crippen LogP contribution in [0.15, 0.2) is 29.2 Å². The Morgan fingerprint density at radius 3 is 2.44 bits per heavy atom. The molecule has 1 rings (SSSR count). The summed E-state index contributed by atoms with van der Waals surface area (Å²) in [5.74, 6) is 0. The lowest BCUT2D eigenvalue weighted by molar-refractivity contribution is 0.521. The SMILES string of the molecule is CCCC(C)Nc1ccccc1S(=O)(=O)N(C)C. The Labute approximate surface area is 110 Å². The van der Waals surface area contributed by atoms with Gasteiger partial charge in [-0.2, -0.15) is 0 Å². The van der Waals surface area contributed by atoms with Crippen molar-refractivity contribution in [1.82, 2.24) is 4.31 Å². The molecule has 0 aliphatic heterocycles. The molecule has 0 saturated heterocycles. The van der Waals surface area contributed by atoms with Gasteiger partial charge in [-0.05, 0) is 25.5 Å². The van der Waals surface area contributed by atoms with Crippen LogP contribution in [0.25, 0.3) is 0 Å². The van der Waals surface area contributed by atoms with E-state index >= 15 is 0 Å². The van der Waals surface area contributed by atoms with E-state index in [4.69, 9.17) is 0 Å². The van der Waals surface area contributed by atoms with E-state index in [1.807, 2.05) is 12.1 Å². The van der Waals surface area contributed by atoms with Crippen molar-refractivity contribution in [3.8, 4) is 0 Å². The van der Waals surface area contributed by atoms with E-state index in [2.05, 4.69) is 19.2 Å². The standard InChI is InChI=1S/C13H22N2O2S/c1-5-8-11(2)14-12-9-6-7-10-13(12)18(16,17)15(3)4/h6-7,9-11,14H,5,8H2,1-4H3. The molecular formula is C13H22N2O2S. The molecule has 0 radical (unpaired) electrons. The van der Waals surface area contributed by atoms with Gasteiger partial charge < -0.3 is 5.32 Å². The molecule has 0 aromatic heterocycles. The second kappa shape index (κ2) is 6.20. The third-order valence-electron chi connectivity index (χ3n) is 2.77. The topological polar surface area (TPSA) is 49.4 Å². The molecule has 18 heavy (non-hydrogen) atoms. The van der Waals surface area contributed by atoms with Crippen LogP contribution < -0.4 is 5.32 Å². The third-order valence-corrected chi connectivity index (χ3v) is 4.64. The fraction of sp³-hybridized carbons (Fsp3) is 0.538. The molecule has 1 unspecified atom stereocenters. The largest absolute Gasteiger partial charge is 0.381 e. The Morgan fingerprint density at radius 2 is 1.89 bits per heavy atom. The van der Waals surface area contributed by atoms with Crippen molar-refractivity contribution in [3.63, 3.8) is 0 Å². The summed E-state index contributed by atoms with van der Waals surface area (Å²) in [6.45, 7) is 4.17. The second-order valence-electron chi connectivity index (χ2n) is 4.62. The van der Waals surface area contributed by atoms with Crippen LogP contribution >= 0.6 is 0 Å². The summed E-state index contributed by atoms with van der Waals surface area (Å²) in [4.78, 5) is 0.331. The summed E-state index contributed by atoms with van der Waals surface area (Å²) >= 11 is 0. The lowest BCUT2D eigenvalue weighted by Crippen LogP contribution is -2.24. The molecule has 0 saturated carbocycles. The molecule has 0 spiro atoms. The summed E-state index contributed by atoms with van der Waals surface area (Å²) in [5.41, 5.74) is 0.673. The first-order valence-corrected chi connectivity index (χ1v) is 7.61. The van der Waals surface area contributed by atoms with Gasteiger partial charge in [0.1, 0.15) is 4.90 Å². The fourth-order valence-corrected chi connectivity index (χ4v) is 2.83. The highest BCUT2D eigenvalue weighted by Gasteiger charge is 2.21. The number of nitrogens with one attached hydrogen (secondary N) is 1. The summed E-state index contributed by atoms with van der Waals surface area (Å²) in [6.07, 6.45) is 2.08. The number of sulfonamides is 1. The van der Waals surface area contributed by atoms with Crippen molar-refractivity contribution in [3.05, 3.63) is 24.3 Å². The normalized spacial score (nSPS) is 13.6. The van der Waals surface area contributed by atoms with Gasteiger partial charge in [-0.1, -0.05) is 25.5 Å². The van der Waals surface area contributed by atoms with Gasteiger partial charge in [0, 0.05) is 20.1 Å². The number of nitrogens with zero attached hydrogens (tertiary/aromatic N) is 1. The summed E-state index contributed by atoms with van der Waals surface area (Å²) in [6, 6.07) is 7.29. The highest BCUT2D eigenvalue weighted by atomic mass is 32.2. The van der Waals surface area contributed by atoms with Crippen LogP contribution in [0.2, 0.25) is 0 Å². The highest BCUT2D eigenvalue weighted by Crippen LogP contribution is 2.24. The van der Waals surface area contributed by atoms with Crippen LogP contribution in [0.3, 0.4) is 0 Å². The molecule has 0 fully saturated rings. The minimum Gasteiger partial charge on any atom is -0.381 e. The molecule has 1 N–H and O–H groups in total. The Morgan fingerprint density at radius 1 is 1.28 bits per heavy atom. The van der Waals surface area contributed by atoms with Crippen LogP contribution in [0, 0.1) is 0 Å². The van der Waals surface area contributed by atoms with Crippen molar-refractivity contribution in [2.75, 3.05) is 19.4 Å². The number of hydrogen-bond acceptors (Lipinski definition) is 3. The van der Waals surface area contributed by atoms with Crippen LogP contribution in [-0.4, -0.2) is 32.9 Å². The number of para-hydroxylation sites is 1. The first-order chi connectivity index (χ1) is 8.39. The van der Waals surface area contributed by atoms with Gasteiger partial charge in [0.05, 0.1) is 5.69 Å². The number of rotatable bonds is 6. The maximum absolute atomic E-state index is 12.2. The van der Waals surface area contributed by atoms with Crippen molar-refractivity contribution in [1.29, 1.82) is 0 Å². The predicted octanol–water partition coefficient (Wildman–Crippen LogP) is 2.54. The number of benzene rings is 1. The first-order valence-electron chi connectivity index (χ1n) is 6.17. The molecule has 5 heteroatoms. The molecule has 0 aliphatic rings. The van der Waals surface area contributed by atoms with Crippen molar-refractivity contribution in [2.24, 2.45) is 0 Å². The van der Waals surface area contributed by atoms with Gasteiger partial charge in [-0.25, -0.2) is 12.7 Å². The Bertz CT molecular complexity index is 484. The summed E-state index contributed by atoms with van der Waals surface area (Å²) in [7, 11) is -0.311. The van der Waals surface area contributed by atoms with E-state index in [1.54, 1.807) is 26.2 Å². The zero-order valence-electron chi connectivity index (χ0n) is 11.5. The van der Waals surface area contributed by atoms with Crippen LogP contribution in [0.4, 0.5) is 5.69 Å². The molecular weight excluding hydrogens is 248 g/mol. The molecule has 0 amide bonds. The zero-order chi connectivity index (χ0) is 13.8. The fourth-order valence-electron chi connectivity index (χ4n) is 1.78. The maximum atomic E-state index is 12.2. The van der Waals surface area contributed by atoms with Gasteiger partial charge >= 0.3 is 0 Å². The Kier molecular flexibility index (Phi) is 5.16. The Hall–Kier alpha value is -1.07. The molecule has 4 nitrogen and oxygen atoms in total. The summed E-state index contributed by atoms with van der Waals surface area (Å²) < 4.78 is 25.6. The van der Waals surface area contributed by atoms with E-state index in [9.17, 15) is 8.42 Å². The van der Waals surface area contributed by atoms with Gasteiger partial charge in [-0.15, -0.1) is 0 Å². The van der Waals surface area contributed by atoms with E-state index in [0.29, 0.717) is 10.6 Å². The maximum Gasteiger partial charge on any atom is 0.244 e. The monoisotopic (exact) mass is 270 g/mol. The average Bonchev–Trinajstić information content (AvgIpc) is 2.29. The van der Waals surface area contributed by atoms with Gasteiger partial charge in [-0.3, -0.25) is 0 Å². The van der Waals surface area contributed by atoms with Crippen molar-refractivity contribution >= 4 is 15.7 Å². The summed E-state index contributed by atoms with van der Waals surface area (Å²) in [5, 5.41) is 3.27. The van der Waals surface area contributed by atoms with E-state index in [0.717, 1.165) is 12.8 Å². The molecule has 0 aliphatic carbocycles. The molecule has 1 aromatic carbocycles. The first kappa shape index (κ1) is 15.0. The number of anilines is 1. The molecule has 1 atom stereocenters. The van der Waals surface area contributed by atoms with Gasteiger partial charge in [0.15, 0.2) is 0 Å².